The van der Waals surface area contributed by atoms with E-state index >= 15 is 0 Å². The van der Waals surface area contributed by atoms with Crippen molar-refractivity contribution in [2.45, 2.75) is 39.7 Å². The number of benzene rings is 1. The van der Waals surface area contributed by atoms with Gasteiger partial charge in [-0.15, -0.1) is 5.10 Å². The van der Waals surface area contributed by atoms with Gasteiger partial charge in [-0.05, 0) is 57.0 Å². The summed E-state index contributed by atoms with van der Waals surface area (Å²) in [5.41, 5.74) is 4.99. The van der Waals surface area contributed by atoms with Crippen LogP contribution in [0.5, 0.6) is 0 Å². The number of aryl methyl sites for hydroxylation is 2. The summed E-state index contributed by atoms with van der Waals surface area (Å²) < 4.78 is 16.6. The molecule has 1 fully saturated rings. The number of aromatic nitrogens is 6. The summed E-state index contributed by atoms with van der Waals surface area (Å²) in [6, 6.07) is 5.53. The number of likely N-dealkylation sites (tertiary alicyclic amines) is 1. The van der Waals surface area contributed by atoms with Crippen LogP contribution in [0, 0.1) is 19.7 Å². The van der Waals surface area contributed by atoms with Crippen molar-refractivity contribution in [2.75, 3.05) is 19.6 Å². The molecule has 0 N–H and O–H groups in total. The zero-order valence-electron chi connectivity index (χ0n) is 16.9. The van der Waals surface area contributed by atoms with Gasteiger partial charge in [0.25, 0.3) is 0 Å². The van der Waals surface area contributed by atoms with Crippen LogP contribution < -0.4 is 0 Å². The first-order valence-corrected chi connectivity index (χ1v) is 10.1. The molecule has 5 rings (SSSR count). The lowest BCUT2D eigenvalue weighted by Gasteiger charge is -2.30. The minimum atomic E-state index is -0.365. The second kappa shape index (κ2) is 6.88. The lowest BCUT2D eigenvalue weighted by Crippen LogP contribution is -2.34. The van der Waals surface area contributed by atoms with Crippen LogP contribution >= 0.6 is 0 Å². The zero-order chi connectivity index (χ0) is 20.1. The Balaban J connectivity index is 1.53. The molecule has 0 amide bonds. The first kappa shape index (κ1) is 18.2. The van der Waals surface area contributed by atoms with Crippen LogP contribution in [-0.2, 0) is 0 Å². The van der Waals surface area contributed by atoms with E-state index < -0.39 is 0 Å². The highest BCUT2D eigenvalue weighted by molar-refractivity contribution is 5.81. The predicted molar refractivity (Wildman–Crippen MR) is 109 cm³/mol. The molecule has 150 valence electrons. The van der Waals surface area contributed by atoms with Gasteiger partial charge in [0.05, 0.1) is 23.6 Å². The normalized spacial score (nSPS) is 16.3. The number of piperidine rings is 1. The number of rotatable bonds is 3. The minimum absolute atomic E-state index is 0.221. The van der Waals surface area contributed by atoms with Gasteiger partial charge in [-0.25, -0.2) is 13.9 Å². The summed E-state index contributed by atoms with van der Waals surface area (Å²) in [5.74, 6) is -0.365. The number of imidazole rings is 1. The van der Waals surface area contributed by atoms with Gasteiger partial charge in [-0.1, -0.05) is 6.92 Å². The van der Waals surface area contributed by atoms with Gasteiger partial charge in [-0.2, -0.15) is 15.0 Å². The van der Waals surface area contributed by atoms with Gasteiger partial charge in [0, 0.05) is 18.7 Å². The van der Waals surface area contributed by atoms with Gasteiger partial charge >= 0.3 is 0 Å². The van der Waals surface area contributed by atoms with Crippen molar-refractivity contribution in [3.8, 4) is 11.3 Å². The second-order valence-corrected chi connectivity index (χ2v) is 7.87. The maximum absolute atomic E-state index is 14.9. The van der Waals surface area contributed by atoms with Crippen molar-refractivity contribution in [1.29, 1.82) is 0 Å². The summed E-state index contributed by atoms with van der Waals surface area (Å²) in [7, 11) is 0. The summed E-state index contributed by atoms with van der Waals surface area (Å²) in [4.78, 5) is 8.61. The minimum Gasteiger partial charge on any atom is -0.303 e. The molecule has 1 aromatic carbocycles. The number of nitrogens with zero attached hydrogens (tertiary/aromatic N) is 7. The summed E-state index contributed by atoms with van der Waals surface area (Å²) in [6.07, 6.45) is 3.85. The Morgan fingerprint density at radius 1 is 1.07 bits per heavy atom. The van der Waals surface area contributed by atoms with E-state index in [0.29, 0.717) is 22.3 Å². The molecule has 4 heterocycles. The Kier molecular flexibility index (Phi) is 4.31. The third kappa shape index (κ3) is 3.17. The predicted octanol–water partition coefficient (Wildman–Crippen LogP) is 3.55. The highest BCUT2D eigenvalue weighted by Gasteiger charge is 2.22. The molecule has 0 atom stereocenters. The number of hydrogen-bond donors (Lipinski definition) is 0. The molecule has 8 heteroatoms. The standard InChI is InChI=1S/C21H24FN7/c1-4-27-7-5-16(6-8-27)29-25-19-11-15(10-17(22)20(19)26-29)18-9-13(2)21-23-14(3)12-28(21)24-18/h9-12,16H,4-8H2,1-3H3. The van der Waals surface area contributed by atoms with E-state index in [1.807, 2.05) is 32.2 Å². The van der Waals surface area contributed by atoms with Gasteiger partial charge in [0.1, 0.15) is 11.0 Å². The van der Waals surface area contributed by atoms with E-state index in [4.69, 9.17) is 0 Å². The average molecular weight is 393 g/mol. The smallest absolute Gasteiger partial charge is 0.156 e. The number of halogens is 1. The highest BCUT2D eigenvalue weighted by atomic mass is 19.1. The van der Waals surface area contributed by atoms with Crippen LogP contribution in [0.25, 0.3) is 27.9 Å². The largest absolute Gasteiger partial charge is 0.303 e. The van der Waals surface area contributed by atoms with Crippen molar-refractivity contribution in [1.82, 2.24) is 34.5 Å². The molecule has 1 saturated heterocycles. The fraction of sp³-hybridized carbons (Fsp3) is 0.429. The Bertz CT molecular complexity index is 1200. The first-order valence-electron chi connectivity index (χ1n) is 10.1. The van der Waals surface area contributed by atoms with E-state index in [-0.39, 0.29) is 11.9 Å². The van der Waals surface area contributed by atoms with E-state index in [0.717, 1.165) is 49.4 Å². The molecule has 1 aliphatic rings. The van der Waals surface area contributed by atoms with Crippen molar-refractivity contribution in [2.24, 2.45) is 0 Å². The van der Waals surface area contributed by atoms with Gasteiger partial charge < -0.3 is 4.90 Å². The SMILES string of the molecule is CCN1CCC(n2nc3cc(-c4cc(C)c5nc(C)cn5n4)cc(F)c3n2)CC1. The van der Waals surface area contributed by atoms with Crippen molar-refractivity contribution in [3.05, 3.63) is 41.5 Å². The maximum Gasteiger partial charge on any atom is 0.156 e. The molecule has 0 radical (unpaired) electrons. The molecule has 0 unspecified atom stereocenters. The summed E-state index contributed by atoms with van der Waals surface area (Å²) in [5, 5.41) is 13.7. The molecular weight excluding hydrogens is 369 g/mol. The van der Waals surface area contributed by atoms with Crippen LogP contribution in [0.3, 0.4) is 0 Å². The van der Waals surface area contributed by atoms with E-state index in [1.165, 1.54) is 6.07 Å². The van der Waals surface area contributed by atoms with Gasteiger partial charge in [0.2, 0.25) is 0 Å². The number of fused-ring (bicyclic) bond motifs is 2. The molecule has 7 nitrogen and oxygen atoms in total. The molecule has 4 aromatic rings. The van der Waals surface area contributed by atoms with Gasteiger partial charge in [-0.3, -0.25) is 0 Å². The van der Waals surface area contributed by atoms with Crippen LogP contribution in [0.15, 0.2) is 24.4 Å². The van der Waals surface area contributed by atoms with Crippen LogP contribution in [-0.4, -0.2) is 54.1 Å². The van der Waals surface area contributed by atoms with Crippen molar-refractivity contribution in [3.63, 3.8) is 0 Å². The summed E-state index contributed by atoms with van der Waals surface area (Å²) in [6.45, 7) is 9.21. The molecule has 1 aliphatic heterocycles. The van der Waals surface area contributed by atoms with Crippen molar-refractivity contribution < 1.29 is 4.39 Å². The molecule has 0 saturated carbocycles. The average Bonchev–Trinajstić information content (AvgIpc) is 3.31. The highest BCUT2D eigenvalue weighted by Crippen LogP contribution is 2.28. The van der Waals surface area contributed by atoms with Crippen LogP contribution in [0.2, 0.25) is 0 Å². The quantitative estimate of drug-likeness (QED) is 0.533. The molecule has 29 heavy (non-hydrogen) atoms. The van der Waals surface area contributed by atoms with E-state index in [2.05, 4.69) is 32.1 Å². The van der Waals surface area contributed by atoms with Crippen LogP contribution in [0.1, 0.15) is 37.1 Å². The summed E-state index contributed by atoms with van der Waals surface area (Å²) >= 11 is 0. The fourth-order valence-electron chi connectivity index (χ4n) is 4.16. The molecule has 0 bridgehead atoms. The van der Waals surface area contributed by atoms with Crippen molar-refractivity contribution >= 4 is 16.7 Å². The topological polar surface area (TPSA) is 64.1 Å². The Morgan fingerprint density at radius 2 is 1.86 bits per heavy atom. The van der Waals surface area contributed by atoms with Crippen LogP contribution in [0.4, 0.5) is 4.39 Å². The first-order chi connectivity index (χ1) is 14.0. The Hall–Kier alpha value is -2.87. The molecular formula is C21H24FN7. The third-order valence-corrected chi connectivity index (χ3v) is 5.81. The zero-order valence-corrected chi connectivity index (χ0v) is 16.9. The molecule has 0 aliphatic carbocycles. The fourth-order valence-corrected chi connectivity index (χ4v) is 4.16. The second-order valence-electron chi connectivity index (χ2n) is 7.87. The van der Waals surface area contributed by atoms with E-state index in [9.17, 15) is 4.39 Å². The Labute approximate surface area is 168 Å². The Morgan fingerprint density at radius 3 is 2.62 bits per heavy atom. The molecule has 0 spiro atoms. The lowest BCUT2D eigenvalue weighted by atomic mass is 10.1. The third-order valence-electron chi connectivity index (χ3n) is 5.81. The lowest BCUT2D eigenvalue weighted by molar-refractivity contribution is 0.179. The monoisotopic (exact) mass is 393 g/mol. The number of hydrogen-bond acceptors (Lipinski definition) is 5. The van der Waals surface area contributed by atoms with E-state index in [1.54, 1.807) is 9.31 Å². The maximum atomic E-state index is 14.9. The van der Waals surface area contributed by atoms with Gasteiger partial charge in [0.15, 0.2) is 11.5 Å². The molecule has 3 aromatic heterocycles.